The van der Waals surface area contributed by atoms with Gasteiger partial charge >= 0.3 is 0 Å². The standard InChI is InChI=1S/C11H17FN2/c1-8(13)6-9-7-10(12)4-5-11(9)14(2)3/h4-5,7-8H,6,13H2,1-3H3/t8-/m1/s1. The first-order chi connectivity index (χ1) is 6.50. The highest BCUT2D eigenvalue weighted by Crippen LogP contribution is 2.20. The average molecular weight is 196 g/mol. The minimum atomic E-state index is -0.203. The lowest BCUT2D eigenvalue weighted by Crippen LogP contribution is -2.20. The number of benzene rings is 1. The van der Waals surface area contributed by atoms with Crippen molar-refractivity contribution in [3.63, 3.8) is 0 Å². The number of halogens is 1. The molecule has 0 spiro atoms. The van der Waals surface area contributed by atoms with Crippen molar-refractivity contribution < 1.29 is 4.39 Å². The second kappa shape index (κ2) is 4.42. The Morgan fingerprint density at radius 3 is 2.57 bits per heavy atom. The van der Waals surface area contributed by atoms with Gasteiger partial charge in [-0.15, -0.1) is 0 Å². The minimum Gasteiger partial charge on any atom is -0.377 e. The third-order valence-corrected chi connectivity index (χ3v) is 2.07. The highest BCUT2D eigenvalue weighted by atomic mass is 19.1. The molecule has 2 nitrogen and oxygen atoms in total. The lowest BCUT2D eigenvalue weighted by Gasteiger charge is -2.18. The summed E-state index contributed by atoms with van der Waals surface area (Å²) >= 11 is 0. The van der Waals surface area contributed by atoms with E-state index in [1.807, 2.05) is 25.9 Å². The molecule has 0 aliphatic rings. The van der Waals surface area contributed by atoms with Gasteiger partial charge in [0.05, 0.1) is 0 Å². The maximum absolute atomic E-state index is 13.0. The quantitative estimate of drug-likeness (QED) is 0.798. The lowest BCUT2D eigenvalue weighted by atomic mass is 10.0. The Morgan fingerprint density at radius 2 is 2.07 bits per heavy atom. The van der Waals surface area contributed by atoms with Crippen molar-refractivity contribution in [1.29, 1.82) is 0 Å². The molecule has 0 radical (unpaired) electrons. The molecular formula is C11H17FN2. The van der Waals surface area contributed by atoms with Gasteiger partial charge in [0.2, 0.25) is 0 Å². The minimum absolute atomic E-state index is 0.0514. The summed E-state index contributed by atoms with van der Waals surface area (Å²) in [5.41, 5.74) is 7.70. The maximum atomic E-state index is 13.0. The summed E-state index contributed by atoms with van der Waals surface area (Å²) in [5, 5.41) is 0. The molecule has 0 aromatic heterocycles. The van der Waals surface area contributed by atoms with Gasteiger partial charge in [0.25, 0.3) is 0 Å². The van der Waals surface area contributed by atoms with Crippen LogP contribution in [0.4, 0.5) is 10.1 Å². The predicted molar refractivity (Wildman–Crippen MR) is 58.1 cm³/mol. The molecule has 1 rings (SSSR count). The number of hydrogen-bond acceptors (Lipinski definition) is 2. The smallest absolute Gasteiger partial charge is 0.123 e. The fourth-order valence-electron chi connectivity index (χ4n) is 1.50. The third-order valence-electron chi connectivity index (χ3n) is 2.07. The average Bonchev–Trinajstić information content (AvgIpc) is 2.01. The van der Waals surface area contributed by atoms with Gasteiger partial charge in [-0.3, -0.25) is 0 Å². The van der Waals surface area contributed by atoms with Crippen LogP contribution >= 0.6 is 0 Å². The Kier molecular flexibility index (Phi) is 3.47. The van der Waals surface area contributed by atoms with E-state index in [4.69, 9.17) is 5.73 Å². The number of hydrogen-bond donors (Lipinski definition) is 1. The SMILES string of the molecule is C[C@@H](N)Cc1cc(F)ccc1N(C)C. The van der Waals surface area contributed by atoms with E-state index in [0.29, 0.717) is 6.42 Å². The van der Waals surface area contributed by atoms with E-state index in [1.165, 1.54) is 6.07 Å². The van der Waals surface area contributed by atoms with Crippen LogP contribution in [0, 0.1) is 5.82 Å². The molecule has 3 heteroatoms. The molecule has 1 aromatic rings. The van der Waals surface area contributed by atoms with Crippen molar-refractivity contribution >= 4 is 5.69 Å². The van der Waals surface area contributed by atoms with Crippen LogP contribution in [0.1, 0.15) is 12.5 Å². The molecule has 0 saturated heterocycles. The first kappa shape index (κ1) is 11.0. The first-order valence-electron chi connectivity index (χ1n) is 4.72. The van der Waals surface area contributed by atoms with Crippen LogP contribution in [-0.2, 0) is 6.42 Å². The van der Waals surface area contributed by atoms with Gasteiger partial charge in [0.1, 0.15) is 5.82 Å². The van der Waals surface area contributed by atoms with Crippen molar-refractivity contribution in [1.82, 2.24) is 0 Å². The van der Waals surface area contributed by atoms with E-state index in [1.54, 1.807) is 12.1 Å². The van der Waals surface area contributed by atoms with E-state index >= 15 is 0 Å². The number of rotatable bonds is 3. The van der Waals surface area contributed by atoms with Gasteiger partial charge in [-0.1, -0.05) is 0 Å². The molecule has 0 bridgehead atoms. The first-order valence-corrected chi connectivity index (χ1v) is 4.72. The maximum Gasteiger partial charge on any atom is 0.123 e. The van der Waals surface area contributed by atoms with Crippen LogP contribution in [0.5, 0.6) is 0 Å². The van der Waals surface area contributed by atoms with Crippen molar-refractivity contribution in [3.8, 4) is 0 Å². The van der Waals surface area contributed by atoms with E-state index in [2.05, 4.69) is 0 Å². The van der Waals surface area contributed by atoms with Gasteiger partial charge in [-0.2, -0.15) is 0 Å². The highest BCUT2D eigenvalue weighted by molar-refractivity contribution is 5.52. The van der Waals surface area contributed by atoms with Crippen molar-refractivity contribution in [3.05, 3.63) is 29.6 Å². The van der Waals surface area contributed by atoms with Crippen LogP contribution in [0.25, 0.3) is 0 Å². The normalized spacial score (nSPS) is 12.6. The molecule has 0 heterocycles. The van der Waals surface area contributed by atoms with Crippen LogP contribution < -0.4 is 10.6 Å². The topological polar surface area (TPSA) is 29.3 Å². The molecule has 78 valence electrons. The van der Waals surface area contributed by atoms with E-state index in [-0.39, 0.29) is 11.9 Å². The fraction of sp³-hybridized carbons (Fsp3) is 0.455. The zero-order valence-electron chi connectivity index (χ0n) is 8.92. The van der Waals surface area contributed by atoms with Crippen molar-refractivity contribution in [2.75, 3.05) is 19.0 Å². The number of nitrogens with two attached hydrogens (primary N) is 1. The van der Waals surface area contributed by atoms with Gasteiger partial charge in [0, 0.05) is 25.8 Å². The van der Waals surface area contributed by atoms with Crippen LogP contribution in [0.2, 0.25) is 0 Å². The summed E-state index contributed by atoms with van der Waals surface area (Å²) in [6, 6.07) is 4.86. The van der Waals surface area contributed by atoms with E-state index in [9.17, 15) is 4.39 Å². The zero-order valence-corrected chi connectivity index (χ0v) is 8.92. The molecule has 0 aliphatic carbocycles. The van der Waals surface area contributed by atoms with Crippen LogP contribution in [0.3, 0.4) is 0 Å². The number of anilines is 1. The second-order valence-corrected chi connectivity index (χ2v) is 3.85. The van der Waals surface area contributed by atoms with Gasteiger partial charge < -0.3 is 10.6 Å². The van der Waals surface area contributed by atoms with Gasteiger partial charge in [-0.25, -0.2) is 4.39 Å². The second-order valence-electron chi connectivity index (χ2n) is 3.85. The van der Waals surface area contributed by atoms with Gasteiger partial charge in [0.15, 0.2) is 0 Å². The van der Waals surface area contributed by atoms with Crippen molar-refractivity contribution in [2.45, 2.75) is 19.4 Å². The molecule has 0 saturated carbocycles. The molecule has 14 heavy (non-hydrogen) atoms. The summed E-state index contributed by atoms with van der Waals surface area (Å²) in [6.45, 7) is 1.92. The van der Waals surface area contributed by atoms with E-state index in [0.717, 1.165) is 11.3 Å². The summed E-state index contributed by atoms with van der Waals surface area (Å²) in [5.74, 6) is -0.203. The Bertz CT molecular complexity index is 308. The summed E-state index contributed by atoms with van der Waals surface area (Å²) in [4.78, 5) is 1.97. The predicted octanol–water partition coefficient (Wildman–Crippen LogP) is 1.78. The molecule has 1 aromatic carbocycles. The van der Waals surface area contributed by atoms with Crippen LogP contribution in [0.15, 0.2) is 18.2 Å². The lowest BCUT2D eigenvalue weighted by molar-refractivity contribution is 0.622. The van der Waals surface area contributed by atoms with Crippen molar-refractivity contribution in [2.24, 2.45) is 5.73 Å². The Labute approximate surface area is 84.5 Å². The Balaban J connectivity index is 3.03. The third kappa shape index (κ3) is 2.70. The molecular weight excluding hydrogens is 179 g/mol. The number of nitrogens with zero attached hydrogens (tertiary/aromatic N) is 1. The fourth-order valence-corrected chi connectivity index (χ4v) is 1.50. The molecule has 0 unspecified atom stereocenters. The summed E-state index contributed by atoms with van der Waals surface area (Å²) in [7, 11) is 3.88. The molecule has 0 fully saturated rings. The molecule has 1 atom stereocenters. The molecule has 0 amide bonds. The molecule has 0 aliphatic heterocycles. The van der Waals surface area contributed by atoms with E-state index < -0.39 is 0 Å². The molecule has 2 N–H and O–H groups in total. The zero-order chi connectivity index (χ0) is 10.7. The summed E-state index contributed by atoms with van der Waals surface area (Å²) < 4.78 is 13.0. The monoisotopic (exact) mass is 196 g/mol. The summed E-state index contributed by atoms with van der Waals surface area (Å²) in [6.07, 6.45) is 0.700. The largest absolute Gasteiger partial charge is 0.377 e. The van der Waals surface area contributed by atoms with Crippen LogP contribution in [-0.4, -0.2) is 20.1 Å². The Morgan fingerprint density at radius 1 is 1.43 bits per heavy atom. The van der Waals surface area contributed by atoms with Gasteiger partial charge in [-0.05, 0) is 37.1 Å². The Hall–Kier alpha value is -1.09. The highest BCUT2D eigenvalue weighted by Gasteiger charge is 2.07.